The molecule has 90 valence electrons. The number of phenols is 1. The molecule has 0 radical (unpaired) electrons. The SMILES string of the molecule is Cc1cc(Oc2cccc(O)c2)c(C#N)c(C)n1. The number of ether oxygens (including phenoxy) is 1. The summed E-state index contributed by atoms with van der Waals surface area (Å²) in [6.45, 7) is 3.60. The summed E-state index contributed by atoms with van der Waals surface area (Å²) in [5, 5.41) is 18.5. The van der Waals surface area contributed by atoms with E-state index in [2.05, 4.69) is 11.1 Å². The van der Waals surface area contributed by atoms with Crippen LogP contribution in [0.15, 0.2) is 30.3 Å². The Morgan fingerprint density at radius 2 is 2.06 bits per heavy atom. The highest BCUT2D eigenvalue weighted by molar-refractivity contribution is 5.49. The first-order chi connectivity index (χ1) is 8.60. The molecule has 0 spiro atoms. The van der Waals surface area contributed by atoms with Gasteiger partial charge in [-0.2, -0.15) is 5.26 Å². The predicted octanol–water partition coefficient (Wildman–Crippen LogP) is 3.07. The number of aryl methyl sites for hydroxylation is 2. The number of hydrogen-bond donors (Lipinski definition) is 1. The standard InChI is InChI=1S/C14H12N2O2/c1-9-6-14(13(8-15)10(2)16-9)18-12-5-3-4-11(17)7-12/h3-7,17H,1-2H3. The van der Waals surface area contributed by atoms with Gasteiger partial charge in [-0.25, -0.2) is 0 Å². The molecule has 1 N–H and O–H groups in total. The molecule has 0 aliphatic heterocycles. The number of rotatable bonds is 2. The summed E-state index contributed by atoms with van der Waals surface area (Å²) in [4.78, 5) is 4.21. The van der Waals surface area contributed by atoms with Crippen LogP contribution in [0.3, 0.4) is 0 Å². The van der Waals surface area contributed by atoms with E-state index in [4.69, 9.17) is 10.00 Å². The van der Waals surface area contributed by atoms with Gasteiger partial charge < -0.3 is 9.84 Å². The average Bonchev–Trinajstić information content (AvgIpc) is 2.28. The maximum atomic E-state index is 9.37. The first-order valence-electron chi connectivity index (χ1n) is 5.45. The highest BCUT2D eigenvalue weighted by atomic mass is 16.5. The van der Waals surface area contributed by atoms with E-state index in [-0.39, 0.29) is 5.75 Å². The largest absolute Gasteiger partial charge is 0.508 e. The monoisotopic (exact) mass is 240 g/mol. The normalized spacial score (nSPS) is 9.83. The molecule has 0 saturated carbocycles. The van der Waals surface area contributed by atoms with Gasteiger partial charge in [-0.1, -0.05) is 6.07 Å². The molecule has 0 bridgehead atoms. The van der Waals surface area contributed by atoms with Crippen molar-refractivity contribution >= 4 is 0 Å². The summed E-state index contributed by atoms with van der Waals surface area (Å²) in [6.07, 6.45) is 0. The average molecular weight is 240 g/mol. The Kier molecular flexibility index (Phi) is 3.16. The summed E-state index contributed by atoms with van der Waals surface area (Å²) >= 11 is 0. The Hall–Kier alpha value is -2.54. The van der Waals surface area contributed by atoms with Crippen molar-refractivity contribution in [3.05, 3.63) is 47.3 Å². The van der Waals surface area contributed by atoms with Crippen molar-refractivity contribution < 1.29 is 9.84 Å². The third-order valence-corrected chi connectivity index (χ3v) is 2.45. The van der Waals surface area contributed by atoms with Crippen molar-refractivity contribution in [2.75, 3.05) is 0 Å². The fourth-order valence-corrected chi connectivity index (χ4v) is 1.68. The first kappa shape index (κ1) is 11.9. The summed E-state index contributed by atoms with van der Waals surface area (Å²) in [5.74, 6) is 1.05. The maximum absolute atomic E-state index is 9.37. The van der Waals surface area contributed by atoms with Crippen molar-refractivity contribution in [1.82, 2.24) is 4.98 Å². The molecule has 0 saturated heterocycles. The van der Waals surface area contributed by atoms with E-state index in [1.54, 1.807) is 31.2 Å². The maximum Gasteiger partial charge on any atom is 0.148 e. The highest BCUT2D eigenvalue weighted by Gasteiger charge is 2.10. The molecular formula is C14H12N2O2. The van der Waals surface area contributed by atoms with E-state index in [9.17, 15) is 5.11 Å². The van der Waals surface area contributed by atoms with Gasteiger partial charge in [0.2, 0.25) is 0 Å². The molecule has 2 rings (SSSR count). The van der Waals surface area contributed by atoms with E-state index >= 15 is 0 Å². The second-order valence-corrected chi connectivity index (χ2v) is 3.93. The van der Waals surface area contributed by atoms with Crippen LogP contribution < -0.4 is 4.74 Å². The lowest BCUT2D eigenvalue weighted by Crippen LogP contribution is -1.96. The number of nitriles is 1. The molecule has 0 amide bonds. The molecule has 0 unspecified atom stereocenters. The number of benzene rings is 1. The zero-order chi connectivity index (χ0) is 13.1. The van der Waals surface area contributed by atoms with Crippen LogP contribution in [-0.2, 0) is 0 Å². The van der Waals surface area contributed by atoms with Gasteiger partial charge in [-0.15, -0.1) is 0 Å². The Balaban J connectivity index is 2.43. The van der Waals surface area contributed by atoms with Gasteiger partial charge in [-0.3, -0.25) is 4.98 Å². The van der Waals surface area contributed by atoms with Crippen molar-refractivity contribution in [2.24, 2.45) is 0 Å². The van der Waals surface area contributed by atoms with Crippen LogP contribution in [0.25, 0.3) is 0 Å². The number of nitrogens with zero attached hydrogens (tertiary/aromatic N) is 2. The van der Waals surface area contributed by atoms with E-state index < -0.39 is 0 Å². The molecule has 1 aromatic carbocycles. The van der Waals surface area contributed by atoms with Crippen molar-refractivity contribution in [2.45, 2.75) is 13.8 Å². The Labute approximate surface area is 105 Å². The molecular weight excluding hydrogens is 228 g/mol. The van der Waals surface area contributed by atoms with Gasteiger partial charge in [0.15, 0.2) is 0 Å². The van der Waals surface area contributed by atoms with Crippen LogP contribution in [0, 0.1) is 25.2 Å². The number of hydrogen-bond acceptors (Lipinski definition) is 4. The molecule has 0 atom stereocenters. The minimum Gasteiger partial charge on any atom is -0.508 e. The lowest BCUT2D eigenvalue weighted by molar-refractivity contribution is 0.454. The smallest absolute Gasteiger partial charge is 0.148 e. The fraction of sp³-hybridized carbons (Fsp3) is 0.143. The molecule has 4 heteroatoms. The van der Waals surface area contributed by atoms with Gasteiger partial charge in [0, 0.05) is 17.8 Å². The van der Waals surface area contributed by atoms with Crippen LogP contribution in [0.4, 0.5) is 0 Å². The lowest BCUT2D eigenvalue weighted by atomic mass is 10.2. The molecule has 0 fully saturated rings. The topological polar surface area (TPSA) is 66.1 Å². The second-order valence-electron chi connectivity index (χ2n) is 3.93. The van der Waals surface area contributed by atoms with E-state index in [1.807, 2.05) is 6.92 Å². The molecule has 0 aliphatic rings. The third-order valence-electron chi connectivity index (χ3n) is 2.45. The predicted molar refractivity (Wildman–Crippen MR) is 66.6 cm³/mol. The van der Waals surface area contributed by atoms with E-state index in [0.29, 0.717) is 22.8 Å². The Morgan fingerprint density at radius 3 is 2.72 bits per heavy atom. The van der Waals surface area contributed by atoms with Gasteiger partial charge in [-0.05, 0) is 26.0 Å². The van der Waals surface area contributed by atoms with Gasteiger partial charge in [0.1, 0.15) is 28.9 Å². The van der Waals surface area contributed by atoms with Gasteiger partial charge in [0.25, 0.3) is 0 Å². The third kappa shape index (κ3) is 2.41. The summed E-state index contributed by atoms with van der Waals surface area (Å²) in [5.41, 5.74) is 1.82. The number of pyridine rings is 1. The van der Waals surface area contributed by atoms with Gasteiger partial charge in [0.05, 0.1) is 5.69 Å². The summed E-state index contributed by atoms with van der Waals surface area (Å²) in [6, 6.07) is 10.2. The van der Waals surface area contributed by atoms with Crippen molar-refractivity contribution in [3.63, 3.8) is 0 Å². The quantitative estimate of drug-likeness (QED) is 0.876. The number of aromatic nitrogens is 1. The minimum atomic E-state index is 0.119. The summed E-state index contributed by atoms with van der Waals surface area (Å²) in [7, 11) is 0. The lowest BCUT2D eigenvalue weighted by Gasteiger charge is -2.10. The molecule has 0 aliphatic carbocycles. The molecule has 4 nitrogen and oxygen atoms in total. The highest BCUT2D eigenvalue weighted by Crippen LogP contribution is 2.28. The van der Waals surface area contributed by atoms with Crippen LogP contribution in [0.5, 0.6) is 17.2 Å². The molecule has 1 aromatic heterocycles. The molecule has 2 aromatic rings. The Bertz CT molecular complexity index is 630. The van der Waals surface area contributed by atoms with E-state index in [1.165, 1.54) is 6.07 Å². The molecule has 1 heterocycles. The molecule has 18 heavy (non-hydrogen) atoms. The fourth-order valence-electron chi connectivity index (χ4n) is 1.68. The number of aromatic hydroxyl groups is 1. The zero-order valence-corrected chi connectivity index (χ0v) is 10.1. The second kappa shape index (κ2) is 4.76. The van der Waals surface area contributed by atoms with Crippen molar-refractivity contribution in [1.29, 1.82) is 5.26 Å². The van der Waals surface area contributed by atoms with Crippen molar-refractivity contribution in [3.8, 4) is 23.3 Å². The van der Waals surface area contributed by atoms with Crippen LogP contribution in [-0.4, -0.2) is 10.1 Å². The van der Waals surface area contributed by atoms with Gasteiger partial charge >= 0.3 is 0 Å². The Morgan fingerprint density at radius 1 is 1.28 bits per heavy atom. The first-order valence-corrected chi connectivity index (χ1v) is 5.45. The van der Waals surface area contributed by atoms with E-state index in [0.717, 1.165) is 5.69 Å². The van der Waals surface area contributed by atoms with Crippen LogP contribution in [0.1, 0.15) is 17.0 Å². The van der Waals surface area contributed by atoms with Crippen LogP contribution >= 0.6 is 0 Å². The van der Waals surface area contributed by atoms with Crippen LogP contribution in [0.2, 0.25) is 0 Å². The zero-order valence-electron chi connectivity index (χ0n) is 10.1. The summed E-state index contributed by atoms with van der Waals surface area (Å²) < 4.78 is 5.62. The minimum absolute atomic E-state index is 0.119. The number of phenolic OH excluding ortho intramolecular Hbond substituents is 1.